The highest BCUT2D eigenvalue weighted by Crippen LogP contribution is 2.22. The molecule has 3 heteroatoms. The third-order valence-electron chi connectivity index (χ3n) is 2.04. The molecule has 0 aromatic heterocycles. The average Bonchev–Trinajstić information content (AvgIpc) is 2.16. The Bertz CT molecular complexity index is 268. The highest BCUT2D eigenvalue weighted by molar-refractivity contribution is 6.31. The summed E-state index contributed by atoms with van der Waals surface area (Å²) in [4.78, 5) is 0. The molecule has 0 saturated carbocycles. The normalized spacial score (nSPS) is 10.4. The molecule has 0 amide bonds. The number of ether oxygens (including phenoxy) is 1. The Hall–Kier alpha value is -0.730. The van der Waals surface area contributed by atoms with E-state index >= 15 is 0 Å². The minimum absolute atomic E-state index is 0.505. The second kappa shape index (κ2) is 5.89. The third-order valence-corrected chi connectivity index (χ3v) is 2.40. The molecular weight excluding hydrogens is 198 g/mol. The van der Waals surface area contributed by atoms with Crippen molar-refractivity contribution in [1.29, 1.82) is 0 Å². The molecule has 14 heavy (non-hydrogen) atoms. The Morgan fingerprint density at radius 3 is 2.86 bits per heavy atom. The zero-order chi connectivity index (χ0) is 10.4. The number of nitrogen functional groups attached to an aromatic ring is 1. The summed E-state index contributed by atoms with van der Waals surface area (Å²) in [6.07, 6.45) is 2.21. The van der Waals surface area contributed by atoms with Crippen molar-refractivity contribution in [2.45, 2.75) is 26.4 Å². The van der Waals surface area contributed by atoms with Crippen LogP contribution in [-0.4, -0.2) is 6.61 Å². The van der Waals surface area contributed by atoms with Gasteiger partial charge < -0.3 is 10.5 Å². The standard InChI is InChI=1S/C11H16ClNO/c1-2-3-7-14-8-9-10(12)5-4-6-11(9)13/h4-6H,2-3,7-8,13H2,1H3. The number of nitrogens with two attached hydrogens (primary N) is 1. The Balaban J connectivity index is 2.49. The van der Waals surface area contributed by atoms with Crippen LogP contribution in [0.5, 0.6) is 0 Å². The molecule has 0 spiro atoms. The van der Waals surface area contributed by atoms with Crippen LogP contribution in [-0.2, 0) is 11.3 Å². The van der Waals surface area contributed by atoms with E-state index in [1.165, 1.54) is 0 Å². The molecule has 0 aliphatic heterocycles. The van der Waals surface area contributed by atoms with Gasteiger partial charge in [0, 0.05) is 22.9 Å². The summed E-state index contributed by atoms with van der Waals surface area (Å²) in [5.74, 6) is 0. The summed E-state index contributed by atoms with van der Waals surface area (Å²) in [5.41, 5.74) is 7.37. The number of hydrogen-bond donors (Lipinski definition) is 1. The van der Waals surface area contributed by atoms with Gasteiger partial charge in [0.1, 0.15) is 0 Å². The van der Waals surface area contributed by atoms with E-state index in [1.807, 2.05) is 18.2 Å². The monoisotopic (exact) mass is 213 g/mol. The third kappa shape index (κ3) is 3.20. The number of anilines is 1. The molecule has 78 valence electrons. The van der Waals surface area contributed by atoms with Crippen LogP contribution in [0, 0.1) is 0 Å². The zero-order valence-electron chi connectivity index (χ0n) is 8.42. The van der Waals surface area contributed by atoms with Gasteiger partial charge in [0.2, 0.25) is 0 Å². The lowest BCUT2D eigenvalue weighted by atomic mass is 10.2. The van der Waals surface area contributed by atoms with E-state index in [4.69, 9.17) is 22.1 Å². The quantitative estimate of drug-likeness (QED) is 0.602. The van der Waals surface area contributed by atoms with Gasteiger partial charge >= 0.3 is 0 Å². The van der Waals surface area contributed by atoms with Crippen molar-refractivity contribution in [2.24, 2.45) is 0 Å². The van der Waals surface area contributed by atoms with Crippen molar-refractivity contribution in [3.63, 3.8) is 0 Å². The van der Waals surface area contributed by atoms with Crippen molar-refractivity contribution in [2.75, 3.05) is 12.3 Å². The summed E-state index contributed by atoms with van der Waals surface area (Å²) in [6, 6.07) is 5.51. The van der Waals surface area contributed by atoms with E-state index in [0.717, 1.165) is 25.0 Å². The van der Waals surface area contributed by atoms with Crippen LogP contribution < -0.4 is 5.73 Å². The lowest BCUT2D eigenvalue weighted by Crippen LogP contribution is -2.00. The van der Waals surface area contributed by atoms with E-state index in [0.29, 0.717) is 17.3 Å². The van der Waals surface area contributed by atoms with Gasteiger partial charge in [-0.05, 0) is 18.6 Å². The first-order valence-corrected chi connectivity index (χ1v) is 5.24. The molecule has 1 aromatic carbocycles. The molecule has 0 aliphatic rings. The van der Waals surface area contributed by atoms with Gasteiger partial charge in [-0.2, -0.15) is 0 Å². The summed E-state index contributed by atoms with van der Waals surface area (Å²) in [5, 5.41) is 0.682. The molecule has 0 bridgehead atoms. The van der Waals surface area contributed by atoms with E-state index in [1.54, 1.807) is 0 Å². The maximum atomic E-state index is 5.98. The lowest BCUT2D eigenvalue weighted by Gasteiger charge is -2.08. The van der Waals surface area contributed by atoms with Gasteiger partial charge in [-0.3, -0.25) is 0 Å². The van der Waals surface area contributed by atoms with E-state index in [-0.39, 0.29) is 0 Å². The van der Waals surface area contributed by atoms with Crippen LogP contribution in [0.25, 0.3) is 0 Å². The first-order chi connectivity index (χ1) is 6.75. The molecule has 0 unspecified atom stereocenters. The van der Waals surface area contributed by atoms with Gasteiger partial charge in [0.15, 0.2) is 0 Å². The molecule has 1 rings (SSSR count). The Kier molecular flexibility index (Phi) is 4.77. The van der Waals surface area contributed by atoms with Gasteiger partial charge in [-0.15, -0.1) is 0 Å². The van der Waals surface area contributed by atoms with Crippen molar-refractivity contribution in [1.82, 2.24) is 0 Å². The first-order valence-electron chi connectivity index (χ1n) is 4.86. The Labute approximate surface area is 90.0 Å². The van der Waals surface area contributed by atoms with E-state index in [9.17, 15) is 0 Å². The molecular formula is C11H16ClNO. The summed E-state index contributed by atoms with van der Waals surface area (Å²) in [6.45, 7) is 3.40. The molecule has 0 saturated heterocycles. The zero-order valence-corrected chi connectivity index (χ0v) is 9.18. The molecule has 2 N–H and O–H groups in total. The Morgan fingerprint density at radius 2 is 2.21 bits per heavy atom. The van der Waals surface area contributed by atoms with Gasteiger partial charge in [-0.25, -0.2) is 0 Å². The molecule has 2 nitrogen and oxygen atoms in total. The fourth-order valence-corrected chi connectivity index (χ4v) is 1.38. The molecule has 0 atom stereocenters. The molecule has 0 aliphatic carbocycles. The van der Waals surface area contributed by atoms with Crippen molar-refractivity contribution < 1.29 is 4.74 Å². The molecule has 0 heterocycles. The smallest absolute Gasteiger partial charge is 0.0751 e. The van der Waals surface area contributed by atoms with Crippen molar-refractivity contribution >= 4 is 17.3 Å². The minimum atomic E-state index is 0.505. The number of rotatable bonds is 5. The van der Waals surface area contributed by atoms with Crippen LogP contribution in [0.15, 0.2) is 18.2 Å². The van der Waals surface area contributed by atoms with E-state index < -0.39 is 0 Å². The lowest BCUT2D eigenvalue weighted by molar-refractivity contribution is 0.118. The average molecular weight is 214 g/mol. The van der Waals surface area contributed by atoms with Crippen molar-refractivity contribution in [3.8, 4) is 0 Å². The first kappa shape index (κ1) is 11.3. The number of hydrogen-bond acceptors (Lipinski definition) is 2. The van der Waals surface area contributed by atoms with Crippen LogP contribution in [0.1, 0.15) is 25.3 Å². The summed E-state index contributed by atoms with van der Waals surface area (Å²) < 4.78 is 5.46. The fourth-order valence-electron chi connectivity index (χ4n) is 1.15. The Morgan fingerprint density at radius 1 is 1.43 bits per heavy atom. The van der Waals surface area contributed by atoms with Crippen LogP contribution in [0.2, 0.25) is 5.02 Å². The van der Waals surface area contributed by atoms with Crippen LogP contribution in [0.3, 0.4) is 0 Å². The second-order valence-corrected chi connectivity index (χ2v) is 3.62. The van der Waals surface area contributed by atoms with Gasteiger partial charge in [-0.1, -0.05) is 31.0 Å². The SMILES string of the molecule is CCCCOCc1c(N)cccc1Cl. The summed E-state index contributed by atoms with van der Waals surface area (Å²) in [7, 11) is 0. The van der Waals surface area contributed by atoms with E-state index in [2.05, 4.69) is 6.92 Å². The summed E-state index contributed by atoms with van der Waals surface area (Å²) >= 11 is 5.98. The highest BCUT2D eigenvalue weighted by Gasteiger charge is 2.03. The predicted octanol–water partition coefficient (Wildman–Crippen LogP) is 3.24. The highest BCUT2D eigenvalue weighted by atomic mass is 35.5. The maximum absolute atomic E-state index is 5.98. The number of unbranched alkanes of at least 4 members (excludes halogenated alkanes) is 1. The van der Waals surface area contributed by atoms with Crippen LogP contribution in [0.4, 0.5) is 5.69 Å². The second-order valence-electron chi connectivity index (χ2n) is 3.21. The maximum Gasteiger partial charge on any atom is 0.0751 e. The topological polar surface area (TPSA) is 35.2 Å². The number of halogens is 1. The predicted molar refractivity (Wildman–Crippen MR) is 60.4 cm³/mol. The van der Waals surface area contributed by atoms with Gasteiger partial charge in [0.05, 0.1) is 6.61 Å². The molecule has 0 fully saturated rings. The van der Waals surface area contributed by atoms with Gasteiger partial charge in [0.25, 0.3) is 0 Å². The largest absolute Gasteiger partial charge is 0.398 e. The minimum Gasteiger partial charge on any atom is -0.398 e. The number of benzene rings is 1. The van der Waals surface area contributed by atoms with Crippen molar-refractivity contribution in [3.05, 3.63) is 28.8 Å². The fraction of sp³-hybridized carbons (Fsp3) is 0.455. The molecule has 1 aromatic rings. The molecule has 0 radical (unpaired) electrons. The van der Waals surface area contributed by atoms with Crippen LogP contribution >= 0.6 is 11.6 Å².